The maximum Gasteiger partial charge on any atom is 0.147 e. The van der Waals surface area contributed by atoms with E-state index in [1.807, 2.05) is 6.92 Å². The van der Waals surface area contributed by atoms with Gasteiger partial charge in [0.25, 0.3) is 0 Å². The summed E-state index contributed by atoms with van der Waals surface area (Å²) in [6, 6.07) is 2.09. The Bertz CT molecular complexity index is 451. The van der Waals surface area contributed by atoms with Crippen LogP contribution in [0.15, 0.2) is 9.85 Å². The van der Waals surface area contributed by atoms with Crippen LogP contribution in [0.2, 0.25) is 0 Å². The van der Waals surface area contributed by atoms with Gasteiger partial charge >= 0.3 is 0 Å². The molecule has 7 heteroatoms. The fourth-order valence-corrected chi connectivity index (χ4v) is 3.87. The summed E-state index contributed by atoms with van der Waals surface area (Å²) in [4.78, 5) is 1.13. The molecule has 0 bridgehead atoms. The third-order valence-corrected chi connectivity index (χ3v) is 5.71. The predicted octanol–water partition coefficient (Wildman–Crippen LogP) is 2.15. The quantitative estimate of drug-likeness (QED) is 0.614. The van der Waals surface area contributed by atoms with Crippen LogP contribution in [0.5, 0.6) is 0 Å². The Morgan fingerprint density at radius 3 is 2.65 bits per heavy atom. The molecule has 0 aliphatic heterocycles. The highest BCUT2D eigenvalue weighted by atomic mass is 79.9. The molecular formula is C10H17BrN2O2S2. The molecule has 1 atom stereocenters. The zero-order chi connectivity index (χ0) is 13.1. The van der Waals surface area contributed by atoms with E-state index in [4.69, 9.17) is 5.84 Å². The molecular weight excluding hydrogens is 324 g/mol. The zero-order valence-corrected chi connectivity index (χ0v) is 13.1. The van der Waals surface area contributed by atoms with Gasteiger partial charge in [0.15, 0.2) is 0 Å². The lowest BCUT2D eigenvalue weighted by Crippen LogP contribution is -2.27. The summed E-state index contributed by atoms with van der Waals surface area (Å²) < 4.78 is 23.2. The summed E-state index contributed by atoms with van der Waals surface area (Å²) in [5, 5.41) is 0. The standard InChI is InChI=1S/C10H17BrN2O2S2/c1-7-6-9(16-10(7)11)8(13-12)4-3-5-17(2,14)15/h6,8,13H,3-5,12H2,1-2H3. The average Bonchev–Trinajstić information content (AvgIpc) is 2.52. The van der Waals surface area contributed by atoms with Crippen molar-refractivity contribution < 1.29 is 8.42 Å². The Morgan fingerprint density at radius 2 is 2.24 bits per heavy atom. The Balaban J connectivity index is 2.60. The van der Waals surface area contributed by atoms with Crippen molar-refractivity contribution in [3.8, 4) is 0 Å². The van der Waals surface area contributed by atoms with Crippen molar-refractivity contribution in [2.75, 3.05) is 12.0 Å². The highest BCUT2D eigenvalue weighted by Crippen LogP contribution is 2.32. The molecule has 3 N–H and O–H groups in total. The molecule has 0 saturated carbocycles. The Kier molecular flexibility index (Phi) is 5.59. The average molecular weight is 341 g/mol. The lowest BCUT2D eigenvalue weighted by molar-refractivity contribution is 0.514. The van der Waals surface area contributed by atoms with Crippen molar-refractivity contribution in [3.63, 3.8) is 0 Å². The molecule has 1 heterocycles. The van der Waals surface area contributed by atoms with Crippen LogP contribution in [0.4, 0.5) is 0 Å². The van der Waals surface area contributed by atoms with E-state index in [0.717, 1.165) is 15.1 Å². The molecule has 0 radical (unpaired) electrons. The second-order valence-corrected chi connectivity index (χ2v) is 8.76. The second-order valence-electron chi connectivity index (χ2n) is 4.10. The van der Waals surface area contributed by atoms with Crippen molar-refractivity contribution in [1.82, 2.24) is 5.43 Å². The van der Waals surface area contributed by atoms with E-state index in [-0.39, 0.29) is 11.8 Å². The lowest BCUT2D eigenvalue weighted by Gasteiger charge is -2.13. The first kappa shape index (κ1) is 15.1. The number of thiophene rings is 1. The third kappa shape index (κ3) is 5.05. The number of sulfone groups is 1. The topological polar surface area (TPSA) is 72.2 Å². The zero-order valence-electron chi connectivity index (χ0n) is 9.86. The molecule has 1 rings (SSSR count). The third-order valence-electron chi connectivity index (χ3n) is 2.43. The molecule has 98 valence electrons. The van der Waals surface area contributed by atoms with Crippen molar-refractivity contribution in [2.45, 2.75) is 25.8 Å². The summed E-state index contributed by atoms with van der Waals surface area (Å²) in [7, 11) is -2.89. The molecule has 1 unspecified atom stereocenters. The molecule has 0 aromatic carbocycles. The maximum atomic E-state index is 11.0. The van der Waals surface area contributed by atoms with Crippen LogP contribution in [0.1, 0.15) is 29.3 Å². The van der Waals surface area contributed by atoms with Gasteiger partial charge in [-0.3, -0.25) is 11.3 Å². The van der Waals surface area contributed by atoms with E-state index in [1.54, 1.807) is 11.3 Å². The highest BCUT2D eigenvalue weighted by molar-refractivity contribution is 9.11. The number of halogens is 1. The predicted molar refractivity (Wildman–Crippen MR) is 75.8 cm³/mol. The van der Waals surface area contributed by atoms with Gasteiger partial charge in [0.2, 0.25) is 0 Å². The van der Waals surface area contributed by atoms with Crippen LogP contribution in [0, 0.1) is 6.92 Å². The molecule has 0 aliphatic carbocycles. The van der Waals surface area contributed by atoms with Crippen molar-refractivity contribution in [3.05, 3.63) is 20.3 Å². The molecule has 0 saturated heterocycles. The van der Waals surface area contributed by atoms with Crippen LogP contribution in [0.3, 0.4) is 0 Å². The van der Waals surface area contributed by atoms with Crippen molar-refractivity contribution in [1.29, 1.82) is 0 Å². The smallest absolute Gasteiger partial charge is 0.147 e. The van der Waals surface area contributed by atoms with Gasteiger partial charge in [-0.15, -0.1) is 11.3 Å². The summed E-state index contributed by atoms with van der Waals surface area (Å²) in [5.74, 6) is 5.71. The van der Waals surface area contributed by atoms with Crippen LogP contribution in [-0.2, 0) is 9.84 Å². The van der Waals surface area contributed by atoms with Gasteiger partial charge < -0.3 is 0 Å². The number of hydrogen-bond acceptors (Lipinski definition) is 5. The number of hydrogen-bond donors (Lipinski definition) is 2. The number of aryl methyl sites for hydroxylation is 1. The van der Waals surface area contributed by atoms with E-state index >= 15 is 0 Å². The Hall–Kier alpha value is 0.0500. The van der Waals surface area contributed by atoms with Gasteiger partial charge in [0.05, 0.1) is 9.83 Å². The van der Waals surface area contributed by atoms with Gasteiger partial charge in [-0.1, -0.05) is 0 Å². The van der Waals surface area contributed by atoms with Crippen LogP contribution < -0.4 is 11.3 Å². The molecule has 1 aromatic heterocycles. The minimum atomic E-state index is -2.89. The Labute approximate surface area is 115 Å². The van der Waals surface area contributed by atoms with Gasteiger partial charge in [-0.05, 0) is 47.3 Å². The normalized spacial score (nSPS) is 13.9. The van der Waals surface area contributed by atoms with Gasteiger partial charge in [-0.25, -0.2) is 8.42 Å². The molecule has 0 spiro atoms. The number of nitrogens with two attached hydrogens (primary N) is 1. The first-order valence-electron chi connectivity index (χ1n) is 5.23. The first-order chi connectivity index (χ1) is 7.83. The van der Waals surface area contributed by atoms with Crippen LogP contribution in [0.25, 0.3) is 0 Å². The van der Waals surface area contributed by atoms with E-state index in [9.17, 15) is 8.42 Å². The molecule has 1 aromatic rings. The van der Waals surface area contributed by atoms with Crippen LogP contribution in [-0.4, -0.2) is 20.4 Å². The fraction of sp³-hybridized carbons (Fsp3) is 0.600. The summed E-state index contributed by atoms with van der Waals surface area (Å²) >= 11 is 5.10. The molecule has 4 nitrogen and oxygen atoms in total. The van der Waals surface area contributed by atoms with Crippen molar-refractivity contribution >= 4 is 37.1 Å². The monoisotopic (exact) mass is 340 g/mol. The number of hydrazine groups is 1. The maximum absolute atomic E-state index is 11.0. The second kappa shape index (κ2) is 6.29. The Morgan fingerprint density at radius 1 is 1.59 bits per heavy atom. The fourth-order valence-electron chi connectivity index (χ4n) is 1.51. The highest BCUT2D eigenvalue weighted by Gasteiger charge is 2.14. The first-order valence-corrected chi connectivity index (χ1v) is 8.90. The van der Waals surface area contributed by atoms with E-state index in [1.165, 1.54) is 11.8 Å². The summed E-state index contributed by atoms with van der Waals surface area (Å²) in [5.41, 5.74) is 3.91. The molecule has 0 fully saturated rings. The summed E-state index contributed by atoms with van der Waals surface area (Å²) in [6.07, 6.45) is 2.59. The largest absolute Gasteiger partial charge is 0.271 e. The van der Waals surface area contributed by atoms with E-state index in [0.29, 0.717) is 6.42 Å². The van der Waals surface area contributed by atoms with E-state index in [2.05, 4.69) is 27.4 Å². The van der Waals surface area contributed by atoms with Gasteiger partial charge in [0, 0.05) is 16.9 Å². The molecule has 0 amide bonds. The summed E-state index contributed by atoms with van der Waals surface area (Å²) in [6.45, 7) is 2.02. The minimum absolute atomic E-state index is 0.0201. The number of rotatable bonds is 6. The molecule has 0 aliphatic rings. The number of nitrogens with one attached hydrogen (secondary N) is 1. The SMILES string of the molecule is Cc1cc(C(CCCS(C)(=O)=O)NN)sc1Br. The van der Waals surface area contributed by atoms with Gasteiger partial charge in [0.1, 0.15) is 9.84 Å². The molecule has 17 heavy (non-hydrogen) atoms. The van der Waals surface area contributed by atoms with E-state index < -0.39 is 9.84 Å². The van der Waals surface area contributed by atoms with Crippen LogP contribution >= 0.6 is 27.3 Å². The van der Waals surface area contributed by atoms with Gasteiger partial charge in [-0.2, -0.15) is 0 Å². The van der Waals surface area contributed by atoms with Crippen molar-refractivity contribution in [2.24, 2.45) is 5.84 Å². The minimum Gasteiger partial charge on any atom is -0.271 e. The lowest BCUT2D eigenvalue weighted by atomic mass is 10.1.